The van der Waals surface area contributed by atoms with Gasteiger partial charge in [-0.05, 0) is 37.0 Å². The molecule has 1 N–H and O–H groups in total. The van der Waals surface area contributed by atoms with Crippen molar-refractivity contribution in [3.05, 3.63) is 48.0 Å². The van der Waals surface area contributed by atoms with Crippen LogP contribution < -0.4 is 10.1 Å². The number of hydrogen-bond donors (Lipinski definition) is 1. The molecule has 0 spiro atoms. The molecule has 8 heteroatoms. The van der Waals surface area contributed by atoms with E-state index in [4.69, 9.17) is 14.5 Å². The summed E-state index contributed by atoms with van der Waals surface area (Å²) in [5, 5.41) is 3.41. The smallest absolute Gasteiger partial charge is 0.341 e. The number of guanidine groups is 1. The van der Waals surface area contributed by atoms with Crippen molar-refractivity contribution < 1.29 is 14.3 Å². The summed E-state index contributed by atoms with van der Waals surface area (Å²) in [7, 11) is 2.90. The van der Waals surface area contributed by atoms with Crippen LogP contribution in [0.25, 0.3) is 0 Å². The normalized spacial score (nSPS) is 19.5. The van der Waals surface area contributed by atoms with E-state index < -0.39 is 5.97 Å². The second kappa shape index (κ2) is 10.1. The van der Waals surface area contributed by atoms with E-state index in [9.17, 15) is 4.79 Å². The zero-order valence-electron chi connectivity index (χ0n) is 18.2. The predicted octanol–water partition coefficient (Wildman–Crippen LogP) is 2.73. The molecule has 0 amide bonds. The number of likely N-dealkylation sites (tertiary alicyclic amines) is 1. The van der Waals surface area contributed by atoms with Gasteiger partial charge in [-0.15, -0.1) is 0 Å². The Balaban J connectivity index is 1.78. The number of nitrogens with zero attached hydrogens (tertiary/aromatic N) is 4. The molecule has 1 saturated heterocycles. The molecule has 1 fully saturated rings. The lowest BCUT2D eigenvalue weighted by atomic mass is 9.93. The van der Waals surface area contributed by atoms with E-state index >= 15 is 0 Å². The minimum Gasteiger partial charge on any atom is -0.496 e. The standard InChI is InChI=1S/C22H31N5O3/c1-5-24-22(26-10-8-16(2)19(14-26)27-11-9-23-15-27)25-13-17-6-7-20(29-3)18(12-17)21(28)30-4/h6-7,9,11-12,15-16,19H,5,8,10,13-14H2,1-4H3,(H,24,25). The number of aromatic nitrogens is 2. The Bertz CT molecular complexity index is 866. The van der Waals surface area contributed by atoms with Crippen LogP contribution >= 0.6 is 0 Å². The van der Waals surface area contributed by atoms with Crippen LogP contribution in [0.5, 0.6) is 5.75 Å². The molecule has 162 valence electrons. The maximum Gasteiger partial charge on any atom is 0.341 e. The fourth-order valence-electron chi connectivity index (χ4n) is 3.81. The van der Waals surface area contributed by atoms with Crippen LogP contribution in [0.2, 0.25) is 0 Å². The van der Waals surface area contributed by atoms with Gasteiger partial charge in [-0.3, -0.25) is 0 Å². The number of imidazole rings is 1. The van der Waals surface area contributed by atoms with Crippen LogP contribution in [-0.2, 0) is 11.3 Å². The van der Waals surface area contributed by atoms with Gasteiger partial charge in [0.05, 0.1) is 33.1 Å². The van der Waals surface area contributed by atoms with Crippen LogP contribution in [0.1, 0.15) is 42.2 Å². The van der Waals surface area contributed by atoms with Gasteiger partial charge >= 0.3 is 5.97 Å². The molecule has 1 aromatic heterocycles. The summed E-state index contributed by atoms with van der Waals surface area (Å²) in [6.45, 7) is 7.43. The van der Waals surface area contributed by atoms with Crippen molar-refractivity contribution in [2.24, 2.45) is 10.9 Å². The first-order valence-electron chi connectivity index (χ1n) is 10.3. The van der Waals surface area contributed by atoms with E-state index in [1.54, 1.807) is 12.1 Å². The highest BCUT2D eigenvalue weighted by Crippen LogP contribution is 2.27. The van der Waals surface area contributed by atoms with Gasteiger partial charge in [-0.25, -0.2) is 14.8 Å². The Kier molecular flexibility index (Phi) is 7.32. The molecule has 2 aromatic rings. The lowest BCUT2D eigenvalue weighted by molar-refractivity contribution is 0.0597. The highest BCUT2D eigenvalue weighted by molar-refractivity contribution is 5.92. The highest BCUT2D eigenvalue weighted by Gasteiger charge is 2.28. The van der Waals surface area contributed by atoms with E-state index in [1.165, 1.54) is 14.2 Å². The second-order valence-corrected chi connectivity index (χ2v) is 7.49. The Labute approximate surface area is 177 Å². The number of hydrogen-bond acceptors (Lipinski definition) is 5. The summed E-state index contributed by atoms with van der Waals surface area (Å²) >= 11 is 0. The third-order valence-electron chi connectivity index (χ3n) is 5.54. The number of aliphatic imine (C=N–C) groups is 1. The average Bonchev–Trinajstić information content (AvgIpc) is 3.31. The summed E-state index contributed by atoms with van der Waals surface area (Å²) < 4.78 is 12.3. The van der Waals surface area contributed by atoms with Crippen molar-refractivity contribution in [3.63, 3.8) is 0 Å². The van der Waals surface area contributed by atoms with Crippen LogP contribution in [0.4, 0.5) is 0 Å². The molecule has 0 saturated carbocycles. The van der Waals surface area contributed by atoms with Gasteiger partial charge in [0.1, 0.15) is 11.3 Å². The minimum absolute atomic E-state index is 0.358. The molecule has 0 radical (unpaired) electrons. The lowest BCUT2D eigenvalue weighted by Gasteiger charge is -2.39. The summed E-state index contributed by atoms with van der Waals surface area (Å²) in [6.07, 6.45) is 6.83. The van der Waals surface area contributed by atoms with Gasteiger partial charge in [0.15, 0.2) is 5.96 Å². The number of esters is 1. The Morgan fingerprint density at radius 1 is 1.37 bits per heavy atom. The fourth-order valence-corrected chi connectivity index (χ4v) is 3.81. The lowest BCUT2D eigenvalue weighted by Crippen LogP contribution is -2.49. The van der Waals surface area contributed by atoms with Crippen molar-refractivity contribution in [2.75, 3.05) is 33.9 Å². The van der Waals surface area contributed by atoms with E-state index in [0.29, 0.717) is 29.8 Å². The summed E-state index contributed by atoms with van der Waals surface area (Å²) in [4.78, 5) is 23.4. The summed E-state index contributed by atoms with van der Waals surface area (Å²) in [5.41, 5.74) is 1.33. The second-order valence-electron chi connectivity index (χ2n) is 7.49. The number of piperidine rings is 1. The number of carbonyl (C=O) groups is 1. The molecule has 0 bridgehead atoms. The largest absolute Gasteiger partial charge is 0.496 e. The molecule has 8 nitrogen and oxygen atoms in total. The topological polar surface area (TPSA) is 81.0 Å². The Hall–Kier alpha value is -3.03. The fraction of sp³-hybridized carbons (Fsp3) is 0.500. The maximum absolute atomic E-state index is 12.0. The van der Waals surface area contributed by atoms with Gasteiger partial charge in [-0.2, -0.15) is 0 Å². The Morgan fingerprint density at radius 3 is 2.87 bits per heavy atom. The van der Waals surface area contributed by atoms with Crippen molar-refractivity contribution in [3.8, 4) is 5.75 Å². The molecule has 1 aromatic carbocycles. The zero-order valence-corrected chi connectivity index (χ0v) is 18.2. The summed E-state index contributed by atoms with van der Waals surface area (Å²) in [6, 6.07) is 5.84. The van der Waals surface area contributed by atoms with Gasteiger partial charge in [0.2, 0.25) is 0 Å². The van der Waals surface area contributed by atoms with Crippen LogP contribution in [-0.4, -0.2) is 60.2 Å². The van der Waals surface area contributed by atoms with Gasteiger partial charge < -0.3 is 24.3 Å². The average molecular weight is 414 g/mol. The monoisotopic (exact) mass is 413 g/mol. The van der Waals surface area contributed by atoms with Crippen molar-refractivity contribution >= 4 is 11.9 Å². The molecular weight excluding hydrogens is 382 g/mol. The number of methoxy groups -OCH3 is 2. The molecule has 1 aliphatic rings. The SMILES string of the molecule is CCNC(=NCc1ccc(OC)c(C(=O)OC)c1)N1CCC(C)C(n2ccnc2)C1. The first-order valence-corrected chi connectivity index (χ1v) is 10.3. The maximum atomic E-state index is 12.0. The number of ether oxygens (including phenoxy) is 2. The molecular formula is C22H31N5O3. The van der Waals surface area contributed by atoms with Gasteiger partial charge in [-0.1, -0.05) is 13.0 Å². The number of nitrogens with one attached hydrogen (secondary N) is 1. The summed E-state index contributed by atoms with van der Waals surface area (Å²) in [5.74, 6) is 1.53. The van der Waals surface area contributed by atoms with E-state index in [2.05, 4.69) is 33.6 Å². The molecule has 2 heterocycles. The molecule has 3 rings (SSSR count). The van der Waals surface area contributed by atoms with E-state index in [1.807, 2.05) is 24.8 Å². The van der Waals surface area contributed by atoms with E-state index in [0.717, 1.165) is 37.6 Å². The van der Waals surface area contributed by atoms with Crippen molar-refractivity contribution in [1.82, 2.24) is 19.8 Å². The third kappa shape index (κ3) is 4.93. The first-order chi connectivity index (χ1) is 14.6. The molecule has 30 heavy (non-hydrogen) atoms. The predicted molar refractivity (Wildman–Crippen MR) is 116 cm³/mol. The molecule has 1 aliphatic heterocycles. The minimum atomic E-state index is -0.419. The first kappa shape index (κ1) is 21.7. The van der Waals surface area contributed by atoms with Crippen LogP contribution in [0.3, 0.4) is 0 Å². The van der Waals surface area contributed by atoms with E-state index in [-0.39, 0.29) is 0 Å². The van der Waals surface area contributed by atoms with Crippen LogP contribution in [0.15, 0.2) is 41.9 Å². The molecule has 0 aliphatic carbocycles. The van der Waals surface area contributed by atoms with Crippen LogP contribution in [0, 0.1) is 5.92 Å². The number of benzene rings is 1. The highest BCUT2D eigenvalue weighted by atomic mass is 16.5. The van der Waals surface area contributed by atoms with Crippen molar-refractivity contribution in [2.45, 2.75) is 32.9 Å². The van der Waals surface area contributed by atoms with Gasteiger partial charge in [0, 0.05) is 32.0 Å². The number of carbonyl (C=O) groups excluding carboxylic acids is 1. The van der Waals surface area contributed by atoms with Gasteiger partial charge in [0.25, 0.3) is 0 Å². The Morgan fingerprint density at radius 2 is 2.20 bits per heavy atom. The van der Waals surface area contributed by atoms with Crippen molar-refractivity contribution in [1.29, 1.82) is 0 Å². The quantitative estimate of drug-likeness (QED) is 0.446. The zero-order chi connectivity index (χ0) is 21.5. The molecule has 2 unspecified atom stereocenters. The third-order valence-corrected chi connectivity index (χ3v) is 5.54. The molecule has 2 atom stereocenters. The number of rotatable bonds is 6.